The number of nitrogens with zero attached hydrogens (tertiary/aromatic N) is 2. The molecule has 0 saturated carbocycles. The van der Waals surface area contributed by atoms with E-state index < -0.39 is 34.4 Å². The number of anilines is 1. The molecular formula is C17H13N3O6S. The van der Waals surface area contributed by atoms with Crippen LogP contribution in [-0.4, -0.2) is 33.4 Å². The number of hydrogen-bond acceptors (Lipinski definition) is 7. The van der Waals surface area contributed by atoms with Gasteiger partial charge < -0.3 is 9.73 Å². The maximum absolute atomic E-state index is 12.4. The molecule has 0 aliphatic carbocycles. The van der Waals surface area contributed by atoms with E-state index in [2.05, 4.69) is 5.32 Å². The maximum Gasteiger partial charge on any atom is 0.433 e. The molecule has 0 radical (unpaired) electrons. The van der Waals surface area contributed by atoms with E-state index in [1.54, 1.807) is 12.1 Å². The Morgan fingerprint density at radius 2 is 1.96 bits per heavy atom. The number of rotatable bonds is 5. The van der Waals surface area contributed by atoms with Gasteiger partial charge in [0.2, 0.25) is 5.91 Å². The molecule has 1 aliphatic heterocycles. The van der Waals surface area contributed by atoms with Gasteiger partial charge in [0.15, 0.2) is 0 Å². The molecule has 10 heteroatoms. The first-order chi connectivity index (χ1) is 12.8. The Hall–Kier alpha value is -3.40. The fourth-order valence-electron chi connectivity index (χ4n) is 2.26. The molecule has 1 saturated heterocycles. The zero-order valence-electron chi connectivity index (χ0n) is 14.0. The summed E-state index contributed by atoms with van der Waals surface area (Å²) < 4.78 is 4.95. The zero-order chi connectivity index (χ0) is 19.6. The quantitative estimate of drug-likeness (QED) is 0.475. The lowest BCUT2D eigenvalue weighted by atomic mass is 10.2. The van der Waals surface area contributed by atoms with Crippen LogP contribution in [0.25, 0.3) is 6.08 Å². The Bertz CT molecular complexity index is 963. The third kappa shape index (κ3) is 4.23. The van der Waals surface area contributed by atoms with E-state index in [-0.39, 0.29) is 10.7 Å². The summed E-state index contributed by atoms with van der Waals surface area (Å²) in [7, 11) is 0. The molecule has 0 atom stereocenters. The molecule has 0 unspecified atom stereocenters. The van der Waals surface area contributed by atoms with E-state index in [4.69, 9.17) is 4.42 Å². The number of imide groups is 1. The number of furan rings is 1. The van der Waals surface area contributed by atoms with E-state index in [9.17, 15) is 24.5 Å². The summed E-state index contributed by atoms with van der Waals surface area (Å²) in [6, 6.07) is 9.53. The van der Waals surface area contributed by atoms with Crippen LogP contribution in [0.2, 0.25) is 0 Å². The normalized spacial score (nSPS) is 15.4. The van der Waals surface area contributed by atoms with Crippen LogP contribution in [0.1, 0.15) is 11.3 Å². The lowest BCUT2D eigenvalue weighted by Gasteiger charge is -2.12. The maximum atomic E-state index is 12.4. The second-order valence-electron chi connectivity index (χ2n) is 5.62. The fourth-order valence-corrected chi connectivity index (χ4v) is 3.08. The molecule has 0 spiro atoms. The van der Waals surface area contributed by atoms with Crippen molar-refractivity contribution in [2.75, 3.05) is 11.9 Å². The third-order valence-corrected chi connectivity index (χ3v) is 4.48. The summed E-state index contributed by atoms with van der Waals surface area (Å²) in [6.45, 7) is 1.47. The molecule has 1 aromatic heterocycles. The number of nitro groups is 1. The Labute approximate surface area is 157 Å². The molecule has 2 heterocycles. The van der Waals surface area contributed by atoms with Crippen LogP contribution in [0.3, 0.4) is 0 Å². The molecule has 2 aromatic rings. The van der Waals surface area contributed by atoms with Crippen molar-refractivity contribution in [1.29, 1.82) is 0 Å². The average molecular weight is 387 g/mol. The van der Waals surface area contributed by atoms with Crippen molar-refractivity contribution in [3.05, 3.63) is 62.7 Å². The summed E-state index contributed by atoms with van der Waals surface area (Å²) in [6.07, 6.45) is 1.23. The largest absolute Gasteiger partial charge is 0.433 e. The molecule has 3 amide bonds. The van der Waals surface area contributed by atoms with Crippen molar-refractivity contribution < 1.29 is 23.7 Å². The van der Waals surface area contributed by atoms with E-state index >= 15 is 0 Å². The third-order valence-electron chi connectivity index (χ3n) is 3.58. The minimum atomic E-state index is -0.710. The number of carbonyl (C=O) groups excluding carboxylic acids is 3. The first-order valence-electron chi connectivity index (χ1n) is 7.69. The molecule has 9 nitrogen and oxygen atoms in total. The van der Waals surface area contributed by atoms with Gasteiger partial charge in [0.1, 0.15) is 17.2 Å². The molecule has 27 heavy (non-hydrogen) atoms. The van der Waals surface area contributed by atoms with Gasteiger partial charge in [-0.15, -0.1) is 0 Å². The van der Waals surface area contributed by atoms with Gasteiger partial charge in [-0.2, -0.15) is 0 Å². The summed E-state index contributed by atoms with van der Waals surface area (Å²) in [5.41, 5.74) is 1.58. The van der Waals surface area contributed by atoms with Crippen molar-refractivity contribution in [3.63, 3.8) is 0 Å². The van der Waals surface area contributed by atoms with Gasteiger partial charge in [-0.25, -0.2) is 0 Å². The lowest BCUT2D eigenvalue weighted by Crippen LogP contribution is -2.36. The number of thioether (sulfide) groups is 1. The average Bonchev–Trinajstić information content (AvgIpc) is 3.18. The van der Waals surface area contributed by atoms with Crippen LogP contribution in [0.15, 0.2) is 45.7 Å². The van der Waals surface area contributed by atoms with Crippen molar-refractivity contribution >= 4 is 46.5 Å². The number of benzene rings is 1. The predicted molar refractivity (Wildman–Crippen MR) is 97.8 cm³/mol. The van der Waals surface area contributed by atoms with Gasteiger partial charge in [-0.3, -0.25) is 29.4 Å². The monoisotopic (exact) mass is 387 g/mol. The number of carbonyl (C=O) groups is 3. The minimum absolute atomic E-state index is 0.0207. The molecule has 1 fully saturated rings. The minimum Gasteiger partial charge on any atom is -0.401 e. The summed E-state index contributed by atoms with van der Waals surface area (Å²) in [5.74, 6) is -1.59. The molecule has 1 aromatic carbocycles. The first-order valence-corrected chi connectivity index (χ1v) is 8.51. The molecule has 3 rings (SSSR count). The van der Waals surface area contributed by atoms with Gasteiger partial charge in [0.05, 0.1) is 11.0 Å². The highest BCUT2D eigenvalue weighted by atomic mass is 32.2. The highest BCUT2D eigenvalue weighted by Crippen LogP contribution is 2.32. The Morgan fingerprint density at radius 1 is 1.26 bits per heavy atom. The van der Waals surface area contributed by atoms with Gasteiger partial charge >= 0.3 is 5.88 Å². The highest BCUT2D eigenvalue weighted by molar-refractivity contribution is 8.18. The van der Waals surface area contributed by atoms with E-state index in [0.717, 1.165) is 16.5 Å². The van der Waals surface area contributed by atoms with Crippen molar-refractivity contribution in [3.8, 4) is 0 Å². The number of hydrogen-bond donors (Lipinski definition) is 1. The van der Waals surface area contributed by atoms with Crippen LogP contribution in [-0.2, 0) is 9.59 Å². The number of nitrogens with one attached hydrogen (secondary N) is 1. The van der Waals surface area contributed by atoms with Gasteiger partial charge in [0, 0.05) is 11.8 Å². The summed E-state index contributed by atoms with van der Waals surface area (Å²) >= 11 is 0.633. The Morgan fingerprint density at radius 3 is 2.59 bits per heavy atom. The summed E-state index contributed by atoms with van der Waals surface area (Å²) in [4.78, 5) is 47.2. The van der Waals surface area contributed by atoms with Gasteiger partial charge in [-0.05, 0) is 36.9 Å². The van der Waals surface area contributed by atoms with Crippen LogP contribution >= 0.6 is 11.8 Å². The number of amides is 3. The van der Waals surface area contributed by atoms with Crippen molar-refractivity contribution in [2.24, 2.45) is 0 Å². The number of aryl methyl sites for hydroxylation is 1. The zero-order valence-corrected chi connectivity index (χ0v) is 14.8. The van der Waals surface area contributed by atoms with Crippen LogP contribution in [0.5, 0.6) is 0 Å². The van der Waals surface area contributed by atoms with Crippen LogP contribution in [0, 0.1) is 17.0 Å². The second kappa shape index (κ2) is 7.46. The highest BCUT2D eigenvalue weighted by Gasteiger charge is 2.36. The smallest absolute Gasteiger partial charge is 0.401 e. The predicted octanol–water partition coefficient (Wildman–Crippen LogP) is 3.17. The van der Waals surface area contributed by atoms with Crippen molar-refractivity contribution in [2.45, 2.75) is 6.92 Å². The van der Waals surface area contributed by atoms with Crippen molar-refractivity contribution in [1.82, 2.24) is 4.90 Å². The Balaban J connectivity index is 1.68. The van der Waals surface area contributed by atoms with E-state index in [0.29, 0.717) is 17.4 Å². The van der Waals surface area contributed by atoms with Gasteiger partial charge in [0.25, 0.3) is 11.1 Å². The van der Waals surface area contributed by atoms with Crippen LogP contribution in [0.4, 0.5) is 16.4 Å². The molecule has 1 N–H and O–H groups in total. The van der Waals surface area contributed by atoms with Gasteiger partial charge in [-0.1, -0.05) is 17.7 Å². The first kappa shape index (κ1) is 18.4. The summed E-state index contributed by atoms with van der Waals surface area (Å²) in [5, 5.41) is 12.6. The molecule has 0 bridgehead atoms. The Kier molecular flexibility index (Phi) is 5.08. The topological polar surface area (TPSA) is 123 Å². The second-order valence-corrected chi connectivity index (χ2v) is 6.61. The lowest BCUT2D eigenvalue weighted by molar-refractivity contribution is -0.402. The SMILES string of the molecule is Cc1ccc(NC(=O)CN2C(=O)S/C(=C/c3ccc([N+](=O)[O-])o3)C2=O)cc1. The fraction of sp³-hybridized carbons (Fsp3) is 0.118. The standard InChI is InChI=1S/C17H13N3O6S/c1-10-2-4-11(5-3-10)18-14(21)9-19-16(22)13(27-17(19)23)8-12-6-7-15(26-12)20(24)25/h2-8H,9H2,1H3,(H,18,21)/b13-8+. The molecular weight excluding hydrogens is 374 g/mol. The molecule has 1 aliphatic rings. The molecule has 138 valence electrons. The van der Waals surface area contributed by atoms with Crippen LogP contribution < -0.4 is 5.32 Å². The van der Waals surface area contributed by atoms with E-state index in [1.165, 1.54) is 12.1 Å². The van der Waals surface area contributed by atoms with E-state index in [1.807, 2.05) is 19.1 Å².